The summed E-state index contributed by atoms with van der Waals surface area (Å²) in [6.45, 7) is 3.77. The summed E-state index contributed by atoms with van der Waals surface area (Å²) in [5.41, 5.74) is 2.34. The average Bonchev–Trinajstić information content (AvgIpc) is 3.30. The molecule has 2 aliphatic rings. The van der Waals surface area contributed by atoms with Crippen LogP contribution < -0.4 is 4.74 Å². The van der Waals surface area contributed by atoms with Crippen LogP contribution in [0.5, 0.6) is 5.75 Å². The standard InChI is InChI=1S/C26H22F3N3O4/c1-14-10-31(13-30-14)20-5-4-16(6-23(20)34-3)7-24-26(33)32-21(15(2)36-24)11-35-12-22(32)17-8-18(27)25(29)19(28)9-17/h4-10,12-13,15,21H,11H2,1-3H3/t15-,21-/m1/s1. The fourth-order valence-electron chi connectivity index (χ4n) is 4.30. The topological polar surface area (TPSA) is 65.8 Å². The zero-order valence-corrected chi connectivity index (χ0v) is 19.7. The summed E-state index contributed by atoms with van der Waals surface area (Å²) in [7, 11) is 1.54. The Balaban J connectivity index is 1.51. The molecule has 7 nitrogen and oxygen atoms in total. The highest BCUT2D eigenvalue weighted by Gasteiger charge is 2.43. The third-order valence-electron chi connectivity index (χ3n) is 6.11. The lowest BCUT2D eigenvalue weighted by atomic mass is 10.0. The number of imidazole rings is 1. The normalized spacial score (nSPS) is 20.5. The molecular weight excluding hydrogens is 475 g/mol. The fraction of sp³-hybridized carbons (Fsp3) is 0.231. The van der Waals surface area contributed by atoms with E-state index >= 15 is 0 Å². The number of amides is 1. The Bertz CT molecular complexity index is 1390. The van der Waals surface area contributed by atoms with E-state index in [0.717, 1.165) is 23.5 Å². The van der Waals surface area contributed by atoms with E-state index < -0.39 is 35.5 Å². The largest absolute Gasteiger partial charge is 0.497 e. The molecule has 0 aliphatic carbocycles. The minimum absolute atomic E-state index is 0.0282. The molecule has 3 heterocycles. The minimum atomic E-state index is -1.59. The zero-order valence-electron chi connectivity index (χ0n) is 19.7. The van der Waals surface area contributed by atoms with Gasteiger partial charge >= 0.3 is 0 Å². The molecule has 1 saturated heterocycles. The van der Waals surface area contributed by atoms with Crippen LogP contribution in [0.3, 0.4) is 0 Å². The van der Waals surface area contributed by atoms with E-state index in [1.54, 1.807) is 38.6 Å². The molecule has 2 aliphatic heterocycles. The Labute approximate surface area is 205 Å². The molecule has 5 rings (SSSR count). The van der Waals surface area contributed by atoms with Gasteiger partial charge in [-0.05, 0) is 49.8 Å². The molecule has 0 radical (unpaired) electrons. The van der Waals surface area contributed by atoms with Gasteiger partial charge in [0, 0.05) is 11.8 Å². The van der Waals surface area contributed by atoms with E-state index in [2.05, 4.69) is 4.98 Å². The third kappa shape index (κ3) is 4.08. The molecule has 2 atom stereocenters. The van der Waals surface area contributed by atoms with Crippen molar-refractivity contribution in [3.05, 3.63) is 89.1 Å². The van der Waals surface area contributed by atoms with Crippen LogP contribution in [0.25, 0.3) is 17.5 Å². The number of morpholine rings is 1. The summed E-state index contributed by atoms with van der Waals surface area (Å²) >= 11 is 0. The number of hydrogen-bond donors (Lipinski definition) is 0. The molecule has 0 unspecified atom stereocenters. The van der Waals surface area contributed by atoms with Gasteiger partial charge in [0.25, 0.3) is 5.91 Å². The Morgan fingerprint density at radius 3 is 2.58 bits per heavy atom. The van der Waals surface area contributed by atoms with Gasteiger partial charge in [-0.3, -0.25) is 9.69 Å². The number of methoxy groups -OCH3 is 1. The van der Waals surface area contributed by atoms with E-state index in [1.807, 2.05) is 23.8 Å². The molecule has 0 N–H and O–H groups in total. The molecule has 186 valence electrons. The molecule has 36 heavy (non-hydrogen) atoms. The summed E-state index contributed by atoms with van der Waals surface area (Å²) in [5.74, 6) is -4.25. The van der Waals surface area contributed by atoms with Crippen molar-refractivity contribution in [2.75, 3.05) is 13.7 Å². The van der Waals surface area contributed by atoms with Gasteiger partial charge in [-0.1, -0.05) is 6.07 Å². The predicted molar refractivity (Wildman–Crippen MR) is 124 cm³/mol. The molecule has 0 bridgehead atoms. The van der Waals surface area contributed by atoms with Crippen molar-refractivity contribution < 1.29 is 32.2 Å². The van der Waals surface area contributed by atoms with Gasteiger partial charge in [0.1, 0.15) is 30.8 Å². The SMILES string of the molecule is COc1cc(C=C2O[C@H](C)[C@H]3COC=C(c4cc(F)c(F)c(F)c4)N3C2=O)ccc1-n1cnc(C)c1. The van der Waals surface area contributed by atoms with Gasteiger partial charge in [-0.25, -0.2) is 18.2 Å². The first kappa shape index (κ1) is 23.5. The zero-order chi connectivity index (χ0) is 25.6. The molecule has 0 saturated carbocycles. The van der Waals surface area contributed by atoms with E-state index in [1.165, 1.54) is 11.2 Å². The molecule has 1 amide bonds. The van der Waals surface area contributed by atoms with E-state index in [-0.39, 0.29) is 23.6 Å². The van der Waals surface area contributed by atoms with Crippen LogP contribution in [0.15, 0.2) is 54.9 Å². The van der Waals surface area contributed by atoms with Crippen LogP contribution in [0.1, 0.15) is 23.7 Å². The van der Waals surface area contributed by atoms with E-state index in [4.69, 9.17) is 14.2 Å². The van der Waals surface area contributed by atoms with Crippen LogP contribution in [-0.2, 0) is 14.3 Å². The Kier molecular flexibility index (Phi) is 5.95. The second-order valence-electron chi connectivity index (χ2n) is 8.52. The highest BCUT2D eigenvalue weighted by molar-refractivity contribution is 6.02. The first-order valence-electron chi connectivity index (χ1n) is 11.1. The number of aromatic nitrogens is 2. The van der Waals surface area contributed by atoms with Crippen molar-refractivity contribution >= 4 is 17.7 Å². The maximum atomic E-state index is 13.9. The number of rotatable bonds is 4. The van der Waals surface area contributed by atoms with Crippen LogP contribution in [0, 0.1) is 24.4 Å². The monoisotopic (exact) mass is 497 g/mol. The van der Waals surface area contributed by atoms with Gasteiger partial charge in [0.2, 0.25) is 0 Å². The van der Waals surface area contributed by atoms with Gasteiger partial charge in [0.15, 0.2) is 23.2 Å². The summed E-state index contributed by atoms with van der Waals surface area (Å²) in [6.07, 6.45) is 5.84. The maximum Gasteiger partial charge on any atom is 0.293 e. The fourth-order valence-corrected chi connectivity index (χ4v) is 4.30. The Hall–Kier alpha value is -4.21. The second kappa shape index (κ2) is 9.10. The van der Waals surface area contributed by atoms with E-state index in [0.29, 0.717) is 11.3 Å². The maximum absolute atomic E-state index is 13.9. The average molecular weight is 497 g/mol. The number of carbonyl (C=O) groups is 1. The van der Waals surface area contributed by atoms with Crippen LogP contribution in [-0.4, -0.2) is 46.2 Å². The van der Waals surface area contributed by atoms with Crippen molar-refractivity contribution in [3.63, 3.8) is 0 Å². The molecule has 2 aromatic carbocycles. The quantitative estimate of drug-likeness (QED) is 0.390. The lowest BCUT2D eigenvalue weighted by molar-refractivity contribution is -0.142. The van der Waals surface area contributed by atoms with Gasteiger partial charge in [-0.2, -0.15) is 0 Å². The van der Waals surface area contributed by atoms with Crippen LogP contribution in [0.4, 0.5) is 13.2 Å². The summed E-state index contributed by atoms with van der Waals surface area (Å²) < 4.78 is 60.2. The number of nitrogens with zero attached hydrogens (tertiary/aromatic N) is 3. The third-order valence-corrected chi connectivity index (χ3v) is 6.11. The number of hydrogen-bond acceptors (Lipinski definition) is 5. The lowest BCUT2D eigenvalue weighted by Crippen LogP contribution is -2.54. The molecule has 0 spiro atoms. The number of ether oxygens (including phenoxy) is 3. The summed E-state index contributed by atoms with van der Waals surface area (Å²) in [6, 6.07) is 6.49. The van der Waals surface area contributed by atoms with Gasteiger partial charge in [0.05, 0.1) is 30.5 Å². The number of fused-ring (bicyclic) bond motifs is 1. The first-order valence-corrected chi connectivity index (χ1v) is 11.1. The van der Waals surface area contributed by atoms with Gasteiger partial charge in [-0.15, -0.1) is 0 Å². The Morgan fingerprint density at radius 2 is 1.92 bits per heavy atom. The predicted octanol–water partition coefficient (Wildman–Crippen LogP) is 4.59. The highest BCUT2D eigenvalue weighted by atomic mass is 19.2. The molecule has 3 aromatic rings. The molecule has 1 aromatic heterocycles. The van der Waals surface area contributed by atoms with Crippen molar-refractivity contribution in [1.82, 2.24) is 14.5 Å². The van der Waals surface area contributed by atoms with Crippen LogP contribution >= 0.6 is 0 Å². The number of benzene rings is 2. The summed E-state index contributed by atoms with van der Waals surface area (Å²) in [5, 5.41) is 0. The Morgan fingerprint density at radius 1 is 1.17 bits per heavy atom. The lowest BCUT2D eigenvalue weighted by Gasteiger charge is -2.43. The highest BCUT2D eigenvalue weighted by Crippen LogP contribution is 2.36. The number of aryl methyl sites for hydroxylation is 1. The molecular formula is C26H22F3N3O4. The van der Waals surface area contributed by atoms with Crippen LogP contribution in [0.2, 0.25) is 0 Å². The van der Waals surface area contributed by atoms with Crippen molar-refractivity contribution in [2.24, 2.45) is 0 Å². The first-order chi connectivity index (χ1) is 17.3. The van der Waals surface area contributed by atoms with Crippen molar-refractivity contribution in [1.29, 1.82) is 0 Å². The second-order valence-corrected chi connectivity index (χ2v) is 8.52. The van der Waals surface area contributed by atoms with Crippen molar-refractivity contribution in [3.8, 4) is 11.4 Å². The smallest absolute Gasteiger partial charge is 0.293 e. The van der Waals surface area contributed by atoms with Crippen molar-refractivity contribution in [2.45, 2.75) is 26.0 Å². The number of halogens is 3. The molecule has 10 heteroatoms. The number of carbonyl (C=O) groups excluding carboxylic acids is 1. The van der Waals surface area contributed by atoms with Gasteiger partial charge < -0.3 is 18.8 Å². The van der Waals surface area contributed by atoms with E-state index in [9.17, 15) is 18.0 Å². The minimum Gasteiger partial charge on any atom is -0.497 e. The summed E-state index contributed by atoms with van der Waals surface area (Å²) in [4.78, 5) is 19.1. The molecule has 1 fully saturated rings.